The lowest BCUT2D eigenvalue weighted by Gasteiger charge is -2.19. The number of ether oxygens (including phenoxy) is 1. The third-order valence-corrected chi connectivity index (χ3v) is 3.13. The first kappa shape index (κ1) is 11.3. The molecule has 1 aromatic carbocycles. The van der Waals surface area contributed by atoms with Crippen LogP contribution >= 0.6 is 11.6 Å². The average molecular weight is 237 g/mol. The number of hydrogen-bond donors (Lipinski definition) is 0. The van der Waals surface area contributed by atoms with Gasteiger partial charge < -0.3 is 9.64 Å². The van der Waals surface area contributed by atoms with Crippen molar-refractivity contribution in [2.24, 2.45) is 0 Å². The Kier molecular flexibility index (Phi) is 3.33. The van der Waals surface area contributed by atoms with Crippen molar-refractivity contribution < 1.29 is 4.74 Å². The highest BCUT2D eigenvalue weighted by molar-refractivity contribution is 6.30. The van der Waals surface area contributed by atoms with Crippen molar-refractivity contribution in [1.29, 1.82) is 5.26 Å². The molecule has 4 heteroatoms. The number of halogens is 1. The molecule has 1 aliphatic heterocycles. The lowest BCUT2D eigenvalue weighted by molar-refractivity contribution is 0.121. The molecule has 0 spiro atoms. The summed E-state index contributed by atoms with van der Waals surface area (Å²) >= 11 is 5.86. The molecule has 0 saturated carbocycles. The van der Waals surface area contributed by atoms with Gasteiger partial charge in [-0.2, -0.15) is 5.26 Å². The predicted octanol–water partition coefficient (Wildman–Crippen LogP) is 2.44. The van der Waals surface area contributed by atoms with Crippen LogP contribution in [0.1, 0.15) is 12.0 Å². The van der Waals surface area contributed by atoms with Crippen LogP contribution in [0.4, 0.5) is 5.69 Å². The van der Waals surface area contributed by atoms with Crippen LogP contribution < -0.4 is 4.90 Å². The zero-order chi connectivity index (χ0) is 11.5. The minimum Gasteiger partial charge on any atom is -0.380 e. The maximum atomic E-state index is 9.06. The van der Waals surface area contributed by atoms with Crippen molar-refractivity contribution in [3.8, 4) is 6.07 Å². The average Bonchev–Trinajstić information content (AvgIpc) is 2.77. The minimum atomic E-state index is 0.266. The van der Waals surface area contributed by atoms with E-state index in [-0.39, 0.29) is 6.10 Å². The van der Waals surface area contributed by atoms with Gasteiger partial charge in [0.1, 0.15) is 6.07 Å². The van der Waals surface area contributed by atoms with Gasteiger partial charge in [0.15, 0.2) is 0 Å². The summed E-state index contributed by atoms with van der Waals surface area (Å²) in [7, 11) is 1.72. The molecule has 1 saturated heterocycles. The maximum absolute atomic E-state index is 9.06. The van der Waals surface area contributed by atoms with Crippen LogP contribution in [0.5, 0.6) is 0 Å². The summed E-state index contributed by atoms with van der Waals surface area (Å²) in [5, 5.41) is 9.66. The van der Waals surface area contributed by atoms with E-state index >= 15 is 0 Å². The first-order chi connectivity index (χ1) is 7.74. The third kappa shape index (κ3) is 2.13. The molecule has 0 radical (unpaired) electrons. The van der Waals surface area contributed by atoms with Gasteiger partial charge in [0.2, 0.25) is 0 Å². The first-order valence-corrected chi connectivity index (χ1v) is 5.60. The fourth-order valence-electron chi connectivity index (χ4n) is 2.01. The van der Waals surface area contributed by atoms with Gasteiger partial charge in [-0.1, -0.05) is 11.6 Å². The van der Waals surface area contributed by atoms with Crippen LogP contribution in [-0.2, 0) is 4.74 Å². The van der Waals surface area contributed by atoms with Crippen LogP contribution in [0.15, 0.2) is 18.2 Å². The quantitative estimate of drug-likeness (QED) is 0.791. The van der Waals surface area contributed by atoms with Crippen molar-refractivity contribution >= 4 is 17.3 Å². The maximum Gasteiger partial charge on any atom is 0.101 e. The fraction of sp³-hybridized carbons (Fsp3) is 0.417. The molecule has 3 nitrogen and oxygen atoms in total. The number of benzene rings is 1. The predicted molar refractivity (Wildman–Crippen MR) is 63.8 cm³/mol. The lowest BCUT2D eigenvalue weighted by Crippen LogP contribution is -2.22. The lowest BCUT2D eigenvalue weighted by atomic mass is 10.2. The monoisotopic (exact) mass is 236 g/mol. The number of methoxy groups -OCH3 is 1. The molecule has 1 fully saturated rings. The smallest absolute Gasteiger partial charge is 0.101 e. The Morgan fingerprint density at radius 2 is 2.38 bits per heavy atom. The Morgan fingerprint density at radius 1 is 1.56 bits per heavy atom. The Labute approximate surface area is 100 Å². The van der Waals surface area contributed by atoms with E-state index in [1.807, 2.05) is 12.1 Å². The van der Waals surface area contributed by atoms with Crippen LogP contribution in [0.3, 0.4) is 0 Å². The third-order valence-electron chi connectivity index (χ3n) is 2.90. The van der Waals surface area contributed by atoms with E-state index in [0.29, 0.717) is 10.6 Å². The SMILES string of the molecule is COC1CCN(c2ccc(Cl)cc2C#N)C1. The zero-order valence-corrected chi connectivity index (χ0v) is 9.87. The number of rotatable bonds is 2. The molecule has 0 aromatic heterocycles. The van der Waals surface area contributed by atoms with Crippen molar-refractivity contribution in [2.75, 3.05) is 25.1 Å². The molecule has 1 unspecified atom stereocenters. The van der Waals surface area contributed by atoms with Crippen LogP contribution in [0, 0.1) is 11.3 Å². The molecule has 0 bridgehead atoms. The molecular formula is C12H13ClN2O. The van der Waals surface area contributed by atoms with Crippen molar-refractivity contribution in [3.05, 3.63) is 28.8 Å². The first-order valence-electron chi connectivity index (χ1n) is 5.22. The van der Waals surface area contributed by atoms with Gasteiger partial charge in [0, 0.05) is 25.2 Å². The standard InChI is InChI=1S/C12H13ClN2O/c1-16-11-4-5-15(8-11)12-3-2-10(13)6-9(12)7-14/h2-3,6,11H,4-5,8H2,1H3. The second kappa shape index (κ2) is 4.73. The van der Waals surface area contributed by atoms with E-state index in [2.05, 4.69) is 11.0 Å². The number of nitriles is 1. The highest BCUT2D eigenvalue weighted by Crippen LogP contribution is 2.27. The second-order valence-corrected chi connectivity index (χ2v) is 4.30. The Morgan fingerprint density at radius 3 is 3.00 bits per heavy atom. The Bertz CT molecular complexity index is 428. The summed E-state index contributed by atoms with van der Waals surface area (Å²) in [6, 6.07) is 7.60. The van der Waals surface area contributed by atoms with Crippen molar-refractivity contribution in [3.63, 3.8) is 0 Å². The van der Waals surface area contributed by atoms with Gasteiger partial charge in [-0.15, -0.1) is 0 Å². The van der Waals surface area contributed by atoms with E-state index < -0.39 is 0 Å². The van der Waals surface area contributed by atoms with Crippen LogP contribution in [-0.4, -0.2) is 26.3 Å². The molecule has 1 heterocycles. The van der Waals surface area contributed by atoms with E-state index in [1.165, 1.54) is 0 Å². The van der Waals surface area contributed by atoms with Gasteiger partial charge in [0.05, 0.1) is 17.4 Å². The highest BCUT2D eigenvalue weighted by Gasteiger charge is 2.23. The second-order valence-electron chi connectivity index (χ2n) is 3.87. The molecular weight excluding hydrogens is 224 g/mol. The number of hydrogen-bond acceptors (Lipinski definition) is 3. The van der Waals surface area contributed by atoms with Gasteiger partial charge in [-0.05, 0) is 24.6 Å². The van der Waals surface area contributed by atoms with E-state index in [1.54, 1.807) is 13.2 Å². The molecule has 1 atom stereocenters. The number of anilines is 1. The van der Waals surface area contributed by atoms with Crippen LogP contribution in [0.25, 0.3) is 0 Å². The summed E-state index contributed by atoms with van der Waals surface area (Å²) in [5.41, 5.74) is 1.58. The topological polar surface area (TPSA) is 36.3 Å². The molecule has 84 valence electrons. The van der Waals surface area contributed by atoms with E-state index in [0.717, 1.165) is 25.2 Å². The van der Waals surface area contributed by atoms with Gasteiger partial charge in [-0.3, -0.25) is 0 Å². The summed E-state index contributed by atoms with van der Waals surface area (Å²) < 4.78 is 5.31. The summed E-state index contributed by atoms with van der Waals surface area (Å²) in [4.78, 5) is 2.17. The van der Waals surface area contributed by atoms with E-state index in [9.17, 15) is 0 Å². The highest BCUT2D eigenvalue weighted by atomic mass is 35.5. The Balaban J connectivity index is 2.25. The molecule has 16 heavy (non-hydrogen) atoms. The molecule has 0 aliphatic carbocycles. The summed E-state index contributed by atoms with van der Waals surface area (Å²) in [6.07, 6.45) is 1.27. The molecule has 1 aromatic rings. The minimum absolute atomic E-state index is 0.266. The van der Waals surface area contributed by atoms with Crippen molar-refractivity contribution in [2.45, 2.75) is 12.5 Å². The molecule has 0 amide bonds. The zero-order valence-electron chi connectivity index (χ0n) is 9.11. The van der Waals surface area contributed by atoms with Gasteiger partial charge >= 0.3 is 0 Å². The fourth-order valence-corrected chi connectivity index (χ4v) is 2.19. The number of nitrogens with zero attached hydrogens (tertiary/aromatic N) is 2. The molecule has 2 rings (SSSR count). The van der Waals surface area contributed by atoms with E-state index in [4.69, 9.17) is 21.6 Å². The van der Waals surface area contributed by atoms with Crippen LogP contribution in [0.2, 0.25) is 5.02 Å². The molecule has 0 N–H and O–H groups in total. The van der Waals surface area contributed by atoms with Crippen molar-refractivity contribution in [1.82, 2.24) is 0 Å². The van der Waals surface area contributed by atoms with Gasteiger partial charge in [-0.25, -0.2) is 0 Å². The normalized spacial score (nSPS) is 19.8. The summed E-state index contributed by atoms with van der Waals surface area (Å²) in [5.74, 6) is 0. The molecule has 1 aliphatic rings. The van der Waals surface area contributed by atoms with Gasteiger partial charge in [0.25, 0.3) is 0 Å². The summed E-state index contributed by atoms with van der Waals surface area (Å²) in [6.45, 7) is 1.77. The largest absolute Gasteiger partial charge is 0.380 e. The Hall–Kier alpha value is -1.24.